The second-order valence-electron chi connectivity index (χ2n) is 13.5. The standard InChI is InChI=1S/C36H45N5O4S/c1-23-19-29(32(42)38-27-15-7-6-14-26(27)37)41(22-23)34(44)28(20-24-11-3-2-4-12-24)39-35(45)36(17-9-10-18-36)40-33(43)31-21-25-13-5-8-16-30(25)46-31/h2-5,8,11-13,16,21,23,26-29H,6-7,9-10,14-15,17-20,22,37H2,1H3,(H,38,42)(H,39,45)(H,40,43)/t23-,26?,27?,28-,29+/m1/s1. The smallest absolute Gasteiger partial charge is 0.262 e. The number of rotatable bonds is 9. The lowest BCUT2D eigenvalue weighted by molar-refractivity contribution is -0.142. The summed E-state index contributed by atoms with van der Waals surface area (Å²) in [4.78, 5) is 57.9. The van der Waals surface area contributed by atoms with Crippen LogP contribution >= 0.6 is 11.3 Å². The number of carbonyl (C=O) groups is 4. The minimum absolute atomic E-state index is 0.0869. The SMILES string of the molecule is C[C@@H]1C[C@@H](C(=O)NC2CCCCC2N)N(C(=O)[C@@H](Cc2ccccc2)NC(=O)C2(NC(=O)c3cc4ccccc4s3)CCCC2)C1. The van der Waals surface area contributed by atoms with Crippen molar-refractivity contribution in [2.24, 2.45) is 11.7 Å². The fraction of sp³-hybridized carbons (Fsp3) is 0.500. The van der Waals surface area contributed by atoms with Crippen molar-refractivity contribution in [2.45, 2.75) is 101 Å². The van der Waals surface area contributed by atoms with Gasteiger partial charge in [0, 0.05) is 29.7 Å². The van der Waals surface area contributed by atoms with Gasteiger partial charge in [-0.2, -0.15) is 0 Å². The molecule has 2 saturated carbocycles. The molecule has 5 atom stereocenters. The Morgan fingerprint density at radius 2 is 1.70 bits per heavy atom. The molecule has 244 valence electrons. The van der Waals surface area contributed by atoms with Crippen LogP contribution in [0.3, 0.4) is 0 Å². The number of nitrogens with two attached hydrogens (primary N) is 1. The largest absolute Gasteiger partial charge is 0.350 e. The molecule has 1 saturated heterocycles. The Bertz CT molecular complexity index is 1540. The first-order valence-electron chi connectivity index (χ1n) is 16.7. The van der Waals surface area contributed by atoms with Crippen molar-refractivity contribution in [1.29, 1.82) is 0 Å². The number of thiophene rings is 1. The molecule has 46 heavy (non-hydrogen) atoms. The van der Waals surface area contributed by atoms with Gasteiger partial charge in [-0.25, -0.2) is 0 Å². The average Bonchev–Trinajstić information content (AvgIpc) is 3.81. The van der Waals surface area contributed by atoms with E-state index >= 15 is 0 Å². The van der Waals surface area contributed by atoms with Gasteiger partial charge in [0.2, 0.25) is 17.7 Å². The van der Waals surface area contributed by atoms with E-state index in [4.69, 9.17) is 5.73 Å². The van der Waals surface area contributed by atoms with Gasteiger partial charge in [0.15, 0.2) is 0 Å². The predicted octanol–water partition coefficient (Wildman–Crippen LogP) is 4.29. The lowest BCUT2D eigenvalue weighted by Crippen LogP contribution is -2.62. The minimum atomic E-state index is -1.12. The summed E-state index contributed by atoms with van der Waals surface area (Å²) in [6.07, 6.45) is 7.22. The van der Waals surface area contributed by atoms with Gasteiger partial charge in [0.05, 0.1) is 4.88 Å². The zero-order valence-electron chi connectivity index (χ0n) is 26.5. The lowest BCUT2D eigenvalue weighted by atomic mass is 9.90. The van der Waals surface area contributed by atoms with Crippen LogP contribution in [0.15, 0.2) is 60.7 Å². The number of nitrogens with one attached hydrogen (secondary N) is 3. The number of nitrogens with zero attached hydrogens (tertiary/aromatic N) is 1. The van der Waals surface area contributed by atoms with Crippen molar-refractivity contribution < 1.29 is 19.2 Å². The van der Waals surface area contributed by atoms with Crippen LogP contribution in [-0.4, -0.2) is 64.8 Å². The molecule has 0 spiro atoms. The molecule has 10 heteroatoms. The highest BCUT2D eigenvalue weighted by Gasteiger charge is 2.46. The monoisotopic (exact) mass is 643 g/mol. The van der Waals surface area contributed by atoms with Crippen LogP contribution in [0.1, 0.15) is 79.9 Å². The van der Waals surface area contributed by atoms with E-state index in [9.17, 15) is 19.2 Å². The molecule has 0 radical (unpaired) electrons. The summed E-state index contributed by atoms with van der Waals surface area (Å²) < 4.78 is 1.01. The normalized spacial score (nSPS) is 24.8. The number of hydrogen-bond donors (Lipinski definition) is 4. The van der Waals surface area contributed by atoms with E-state index in [2.05, 4.69) is 16.0 Å². The van der Waals surface area contributed by atoms with Crippen LogP contribution in [0.5, 0.6) is 0 Å². The van der Waals surface area contributed by atoms with E-state index in [0.29, 0.717) is 30.7 Å². The summed E-state index contributed by atoms with van der Waals surface area (Å²) in [5, 5.41) is 10.3. The first kappa shape index (κ1) is 32.2. The molecule has 5 N–H and O–H groups in total. The number of fused-ring (bicyclic) bond motifs is 1. The van der Waals surface area contributed by atoms with Gasteiger partial charge in [0.25, 0.3) is 5.91 Å². The van der Waals surface area contributed by atoms with E-state index in [-0.39, 0.29) is 48.1 Å². The van der Waals surface area contributed by atoms with Crippen LogP contribution in [0.4, 0.5) is 0 Å². The van der Waals surface area contributed by atoms with E-state index in [0.717, 1.165) is 54.2 Å². The summed E-state index contributed by atoms with van der Waals surface area (Å²) in [7, 11) is 0. The topological polar surface area (TPSA) is 134 Å². The lowest BCUT2D eigenvalue weighted by Gasteiger charge is -2.34. The van der Waals surface area contributed by atoms with Crippen LogP contribution < -0.4 is 21.7 Å². The maximum Gasteiger partial charge on any atom is 0.262 e. The third-order valence-electron chi connectivity index (χ3n) is 10.0. The summed E-state index contributed by atoms with van der Waals surface area (Å²) in [6, 6.07) is 17.6. The van der Waals surface area contributed by atoms with E-state index < -0.39 is 17.6 Å². The summed E-state index contributed by atoms with van der Waals surface area (Å²) >= 11 is 1.40. The molecule has 3 aromatic rings. The zero-order chi connectivity index (χ0) is 32.3. The Labute approximate surface area is 274 Å². The molecule has 2 unspecified atom stereocenters. The maximum atomic E-state index is 14.4. The van der Waals surface area contributed by atoms with Gasteiger partial charge in [-0.15, -0.1) is 11.3 Å². The van der Waals surface area contributed by atoms with E-state index in [1.807, 2.05) is 67.6 Å². The van der Waals surface area contributed by atoms with Crippen LogP contribution in [0, 0.1) is 5.92 Å². The van der Waals surface area contributed by atoms with Crippen molar-refractivity contribution in [2.75, 3.05) is 6.54 Å². The van der Waals surface area contributed by atoms with Crippen molar-refractivity contribution >= 4 is 45.1 Å². The third-order valence-corrected chi connectivity index (χ3v) is 11.1. The summed E-state index contributed by atoms with van der Waals surface area (Å²) in [5.41, 5.74) is 6.11. The Morgan fingerprint density at radius 1 is 0.978 bits per heavy atom. The van der Waals surface area contributed by atoms with Gasteiger partial charge < -0.3 is 26.6 Å². The first-order valence-corrected chi connectivity index (χ1v) is 17.6. The molecule has 1 aliphatic heterocycles. The zero-order valence-corrected chi connectivity index (χ0v) is 27.3. The Kier molecular flexibility index (Phi) is 9.75. The molecule has 6 rings (SSSR count). The van der Waals surface area contributed by atoms with Crippen molar-refractivity contribution in [3.05, 3.63) is 71.1 Å². The van der Waals surface area contributed by atoms with Crippen molar-refractivity contribution in [3.63, 3.8) is 0 Å². The quantitative estimate of drug-likeness (QED) is 0.276. The maximum absolute atomic E-state index is 14.4. The molecular weight excluding hydrogens is 598 g/mol. The summed E-state index contributed by atoms with van der Waals surface area (Å²) in [5.74, 6) is -0.953. The fourth-order valence-corrected chi connectivity index (χ4v) is 8.42. The van der Waals surface area contributed by atoms with Gasteiger partial charge in [-0.05, 0) is 61.1 Å². The van der Waals surface area contributed by atoms with E-state index in [1.165, 1.54) is 11.3 Å². The van der Waals surface area contributed by atoms with Crippen LogP contribution in [0.2, 0.25) is 0 Å². The molecule has 3 aliphatic rings. The highest BCUT2D eigenvalue weighted by Crippen LogP contribution is 2.33. The third kappa shape index (κ3) is 6.98. The molecular formula is C36H45N5O4S. The Balaban J connectivity index is 1.22. The second-order valence-corrected chi connectivity index (χ2v) is 14.6. The fourth-order valence-electron chi connectivity index (χ4n) is 7.46. The second kappa shape index (κ2) is 13.9. The average molecular weight is 644 g/mol. The first-order chi connectivity index (χ1) is 22.2. The van der Waals surface area contributed by atoms with Crippen LogP contribution in [-0.2, 0) is 20.8 Å². The number of carbonyl (C=O) groups excluding carboxylic acids is 4. The molecule has 2 aliphatic carbocycles. The minimum Gasteiger partial charge on any atom is -0.350 e. The van der Waals surface area contributed by atoms with Gasteiger partial charge in [-0.1, -0.05) is 81.1 Å². The molecule has 0 bridgehead atoms. The highest BCUT2D eigenvalue weighted by molar-refractivity contribution is 7.20. The molecule has 3 fully saturated rings. The van der Waals surface area contributed by atoms with Gasteiger partial charge >= 0.3 is 0 Å². The number of benzene rings is 2. The Morgan fingerprint density at radius 3 is 2.43 bits per heavy atom. The predicted molar refractivity (Wildman–Crippen MR) is 180 cm³/mol. The molecule has 4 amide bonds. The summed E-state index contributed by atoms with van der Waals surface area (Å²) in [6.45, 7) is 2.48. The van der Waals surface area contributed by atoms with Crippen LogP contribution in [0.25, 0.3) is 10.1 Å². The van der Waals surface area contributed by atoms with Gasteiger partial charge in [0.1, 0.15) is 17.6 Å². The number of hydrogen-bond acceptors (Lipinski definition) is 6. The van der Waals surface area contributed by atoms with E-state index in [1.54, 1.807) is 4.90 Å². The molecule has 2 aromatic carbocycles. The molecule has 9 nitrogen and oxygen atoms in total. The number of amides is 4. The number of likely N-dealkylation sites (tertiary alicyclic amines) is 1. The highest BCUT2D eigenvalue weighted by atomic mass is 32.1. The van der Waals surface area contributed by atoms with Crippen molar-refractivity contribution in [3.8, 4) is 0 Å². The van der Waals surface area contributed by atoms with Gasteiger partial charge in [-0.3, -0.25) is 19.2 Å². The van der Waals surface area contributed by atoms with Crippen molar-refractivity contribution in [1.82, 2.24) is 20.9 Å². The molecule has 2 heterocycles. The molecule has 1 aromatic heterocycles. The Hall–Kier alpha value is -3.76.